The van der Waals surface area contributed by atoms with Gasteiger partial charge < -0.3 is 5.32 Å². The molecule has 0 bridgehead atoms. The topological polar surface area (TPSA) is 60.6 Å². The molecular weight excluding hydrogens is 228 g/mol. The lowest BCUT2D eigenvalue weighted by Crippen LogP contribution is -2.35. The van der Waals surface area contributed by atoms with Crippen molar-refractivity contribution in [3.63, 3.8) is 0 Å². The van der Waals surface area contributed by atoms with E-state index in [1.165, 1.54) is 0 Å². The summed E-state index contributed by atoms with van der Waals surface area (Å²) in [5.41, 5.74) is 2.91. The highest BCUT2D eigenvalue weighted by Crippen LogP contribution is 2.10. The van der Waals surface area contributed by atoms with Crippen molar-refractivity contribution in [3.8, 4) is 5.69 Å². The molecule has 98 valence electrons. The quantitative estimate of drug-likeness (QED) is 0.886. The number of aryl methyl sites for hydroxylation is 2. The molecule has 2 aromatic rings. The number of nitrogens with zero attached hydrogens (tertiary/aromatic N) is 5. The van der Waals surface area contributed by atoms with Gasteiger partial charge in [0.05, 0.1) is 23.8 Å². The Labute approximate surface area is 107 Å². The Balaban J connectivity index is 2.13. The van der Waals surface area contributed by atoms with E-state index in [1.807, 2.05) is 26.4 Å². The third-order valence-electron chi connectivity index (χ3n) is 2.58. The summed E-state index contributed by atoms with van der Waals surface area (Å²) in [5, 5.41) is 16.0. The highest BCUT2D eigenvalue weighted by molar-refractivity contribution is 5.32. The van der Waals surface area contributed by atoms with Gasteiger partial charge in [0.2, 0.25) is 0 Å². The molecule has 2 heterocycles. The summed E-state index contributed by atoms with van der Waals surface area (Å²) >= 11 is 0. The molecule has 0 aliphatic rings. The molecule has 2 aromatic heterocycles. The molecule has 1 N–H and O–H groups in total. The molecule has 0 saturated carbocycles. The van der Waals surface area contributed by atoms with Crippen LogP contribution in [0.4, 0.5) is 0 Å². The standard InChI is InChI=1S/C12H20N6/c1-9-11(8-17(5)15-9)18-7-10(14-16-18)6-13-12(2,3)4/h7-8,13H,6H2,1-5H3. The first kappa shape index (κ1) is 12.8. The number of rotatable bonds is 3. The number of hydrogen-bond donors (Lipinski definition) is 1. The molecule has 0 saturated heterocycles. The minimum absolute atomic E-state index is 0.0774. The lowest BCUT2D eigenvalue weighted by molar-refractivity contribution is 0.421. The summed E-state index contributed by atoms with van der Waals surface area (Å²) in [7, 11) is 1.90. The van der Waals surface area contributed by atoms with Gasteiger partial charge in [0.1, 0.15) is 5.69 Å². The van der Waals surface area contributed by atoms with Crippen LogP contribution < -0.4 is 5.32 Å². The van der Waals surface area contributed by atoms with Gasteiger partial charge in [0.25, 0.3) is 0 Å². The van der Waals surface area contributed by atoms with Crippen LogP contribution in [-0.2, 0) is 13.6 Å². The molecule has 0 aromatic carbocycles. The fourth-order valence-electron chi connectivity index (χ4n) is 1.66. The third kappa shape index (κ3) is 2.95. The Morgan fingerprint density at radius 2 is 2.00 bits per heavy atom. The van der Waals surface area contributed by atoms with E-state index in [1.54, 1.807) is 9.36 Å². The Kier molecular flexibility index (Phi) is 3.21. The molecule has 0 radical (unpaired) electrons. The van der Waals surface area contributed by atoms with E-state index in [9.17, 15) is 0 Å². The van der Waals surface area contributed by atoms with Crippen molar-refractivity contribution in [1.82, 2.24) is 30.1 Å². The first-order valence-electron chi connectivity index (χ1n) is 6.02. The van der Waals surface area contributed by atoms with Crippen molar-refractivity contribution in [2.24, 2.45) is 7.05 Å². The maximum absolute atomic E-state index is 4.29. The van der Waals surface area contributed by atoms with Gasteiger partial charge in [-0.05, 0) is 27.7 Å². The maximum Gasteiger partial charge on any atom is 0.107 e. The van der Waals surface area contributed by atoms with E-state index in [0.717, 1.165) is 17.1 Å². The zero-order chi connectivity index (χ0) is 13.3. The van der Waals surface area contributed by atoms with Crippen molar-refractivity contribution in [1.29, 1.82) is 0 Å². The second-order valence-corrected chi connectivity index (χ2v) is 5.53. The molecule has 0 fully saturated rings. The van der Waals surface area contributed by atoms with Crippen LogP contribution in [0, 0.1) is 6.92 Å². The van der Waals surface area contributed by atoms with Crippen LogP contribution in [-0.4, -0.2) is 30.3 Å². The summed E-state index contributed by atoms with van der Waals surface area (Å²) in [6.45, 7) is 9.06. The van der Waals surface area contributed by atoms with Gasteiger partial charge in [0.15, 0.2) is 0 Å². The predicted molar refractivity (Wildman–Crippen MR) is 69.5 cm³/mol. The maximum atomic E-state index is 4.29. The van der Waals surface area contributed by atoms with E-state index in [-0.39, 0.29) is 5.54 Å². The van der Waals surface area contributed by atoms with Crippen molar-refractivity contribution in [3.05, 3.63) is 23.8 Å². The summed E-state index contributed by atoms with van der Waals surface area (Å²) in [4.78, 5) is 0. The molecule has 18 heavy (non-hydrogen) atoms. The molecule has 6 heteroatoms. The average Bonchev–Trinajstić information content (AvgIpc) is 2.81. The van der Waals surface area contributed by atoms with Crippen molar-refractivity contribution in [2.45, 2.75) is 39.8 Å². The molecular formula is C12H20N6. The van der Waals surface area contributed by atoms with Crippen molar-refractivity contribution >= 4 is 0 Å². The molecule has 0 unspecified atom stereocenters. The largest absolute Gasteiger partial charge is 0.306 e. The fraction of sp³-hybridized carbons (Fsp3) is 0.583. The first-order chi connectivity index (χ1) is 8.35. The van der Waals surface area contributed by atoms with Crippen LogP contribution in [0.25, 0.3) is 5.69 Å². The zero-order valence-corrected chi connectivity index (χ0v) is 11.6. The lowest BCUT2D eigenvalue weighted by Gasteiger charge is -2.19. The highest BCUT2D eigenvalue weighted by Gasteiger charge is 2.12. The van der Waals surface area contributed by atoms with Gasteiger partial charge >= 0.3 is 0 Å². The van der Waals surface area contributed by atoms with Gasteiger partial charge in [-0.1, -0.05) is 5.21 Å². The average molecular weight is 248 g/mol. The Morgan fingerprint density at radius 3 is 2.56 bits per heavy atom. The normalized spacial score (nSPS) is 12.1. The summed E-state index contributed by atoms with van der Waals surface area (Å²) in [6, 6.07) is 0. The summed E-state index contributed by atoms with van der Waals surface area (Å²) < 4.78 is 3.54. The number of hydrogen-bond acceptors (Lipinski definition) is 4. The van der Waals surface area contributed by atoms with Crippen LogP contribution in [0.2, 0.25) is 0 Å². The Morgan fingerprint density at radius 1 is 1.28 bits per heavy atom. The second kappa shape index (κ2) is 4.53. The van der Waals surface area contributed by atoms with Gasteiger partial charge in [-0.2, -0.15) is 5.10 Å². The van der Waals surface area contributed by atoms with Crippen LogP contribution in [0.1, 0.15) is 32.2 Å². The van der Waals surface area contributed by atoms with Crippen molar-refractivity contribution in [2.75, 3.05) is 0 Å². The smallest absolute Gasteiger partial charge is 0.107 e. The third-order valence-corrected chi connectivity index (χ3v) is 2.58. The molecule has 0 atom stereocenters. The van der Waals surface area contributed by atoms with Gasteiger partial charge in [0, 0.05) is 19.1 Å². The van der Waals surface area contributed by atoms with Crippen LogP contribution in [0.15, 0.2) is 12.4 Å². The highest BCUT2D eigenvalue weighted by atomic mass is 15.4. The van der Waals surface area contributed by atoms with E-state index >= 15 is 0 Å². The molecule has 0 aliphatic heterocycles. The molecule has 0 spiro atoms. The summed E-state index contributed by atoms with van der Waals surface area (Å²) in [6.07, 6.45) is 3.87. The van der Waals surface area contributed by atoms with E-state index in [0.29, 0.717) is 6.54 Å². The SMILES string of the molecule is Cc1nn(C)cc1-n1cc(CNC(C)(C)C)nn1. The zero-order valence-electron chi connectivity index (χ0n) is 11.6. The monoisotopic (exact) mass is 248 g/mol. The minimum atomic E-state index is 0.0774. The van der Waals surface area contributed by atoms with Gasteiger partial charge in [-0.3, -0.25) is 4.68 Å². The predicted octanol–water partition coefficient (Wildman–Crippen LogP) is 1.20. The van der Waals surface area contributed by atoms with E-state index in [2.05, 4.69) is 41.5 Å². The molecule has 6 nitrogen and oxygen atoms in total. The van der Waals surface area contributed by atoms with E-state index < -0.39 is 0 Å². The fourth-order valence-corrected chi connectivity index (χ4v) is 1.66. The minimum Gasteiger partial charge on any atom is -0.306 e. The second-order valence-electron chi connectivity index (χ2n) is 5.53. The molecule has 2 rings (SSSR count). The lowest BCUT2D eigenvalue weighted by atomic mass is 10.1. The Bertz CT molecular complexity index is 531. The molecule has 0 amide bonds. The van der Waals surface area contributed by atoms with Gasteiger partial charge in [-0.25, -0.2) is 4.68 Å². The molecule has 0 aliphatic carbocycles. The van der Waals surface area contributed by atoms with E-state index in [4.69, 9.17) is 0 Å². The Hall–Kier alpha value is -1.69. The summed E-state index contributed by atoms with van der Waals surface area (Å²) in [5.74, 6) is 0. The first-order valence-corrected chi connectivity index (χ1v) is 6.02. The van der Waals surface area contributed by atoms with Gasteiger partial charge in [-0.15, -0.1) is 5.10 Å². The number of nitrogens with one attached hydrogen (secondary N) is 1. The van der Waals surface area contributed by atoms with Crippen molar-refractivity contribution < 1.29 is 0 Å². The van der Waals surface area contributed by atoms with Crippen LogP contribution in [0.3, 0.4) is 0 Å². The van der Waals surface area contributed by atoms with Crippen LogP contribution in [0.5, 0.6) is 0 Å². The number of aromatic nitrogens is 5. The van der Waals surface area contributed by atoms with Crippen LogP contribution >= 0.6 is 0 Å².